The smallest absolute Gasteiger partial charge is 0.255 e. The second kappa shape index (κ2) is 4.97. The van der Waals surface area contributed by atoms with Crippen LogP contribution >= 0.6 is 11.6 Å². The van der Waals surface area contributed by atoms with E-state index in [1.165, 1.54) is 16.9 Å². The Labute approximate surface area is 119 Å². The van der Waals surface area contributed by atoms with Crippen LogP contribution in [0.5, 0.6) is 11.6 Å². The maximum atomic E-state index is 9.62. The van der Waals surface area contributed by atoms with Crippen LogP contribution in [0.4, 0.5) is 0 Å². The molecule has 20 heavy (non-hydrogen) atoms. The molecule has 0 bridgehead atoms. The van der Waals surface area contributed by atoms with Crippen molar-refractivity contribution in [3.63, 3.8) is 0 Å². The van der Waals surface area contributed by atoms with Crippen LogP contribution in [0.15, 0.2) is 36.7 Å². The van der Waals surface area contributed by atoms with Gasteiger partial charge in [0.2, 0.25) is 5.88 Å². The highest BCUT2D eigenvalue weighted by Gasteiger charge is 2.15. The fourth-order valence-electron chi connectivity index (χ4n) is 1.89. The molecule has 0 saturated carbocycles. The molecule has 0 amide bonds. The summed E-state index contributed by atoms with van der Waals surface area (Å²) < 4.78 is 7.33. The topological polar surface area (TPSA) is 72.5 Å². The number of nitrogens with zero attached hydrogens (tertiary/aromatic N) is 4. The Hall–Kier alpha value is -2.34. The van der Waals surface area contributed by atoms with Crippen molar-refractivity contribution in [2.24, 2.45) is 0 Å². The van der Waals surface area contributed by atoms with Crippen LogP contribution in [0.2, 0.25) is 5.02 Å². The lowest BCUT2D eigenvalue weighted by atomic mass is 10.2. The van der Waals surface area contributed by atoms with E-state index in [1.807, 2.05) is 6.92 Å². The van der Waals surface area contributed by atoms with Gasteiger partial charge in [0.05, 0.1) is 5.69 Å². The molecule has 0 spiro atoms. The third-order valence-corrected chi connectivity index (χ3v) is 3.06. The lowest BCUT2D eigenvalue weighted by molar-refractivity contribution is 0.218. The van der Waals surface area contributed by atoms with Gasteiger partial charge in [0.25, 0.3) is 5.78 Å². The van der Waals surface area contributed by atoms with Crippen LogP contribution < -0.4 is 4.74 Å². The molecular formula is C13H11ClN4O2. The third-order valence-electron chi connectivity index (χ3n) is 2.81. The summed E-state index contributed by atoms with van der Waals surface area (Å²) in [6.07, 6.45) is 1.04. The molecular weight excluding hydrogens is 280 g/mol. The number of ether oxygens (including phenoxy) is 1. The molecule has 0 radical (unpaired) electrons. The second-order valence-electron chi connectivity index (χ2n) is 4.23. The van der Waals surface area contributed by atoms with E-state index >= 15 is 0 Å². The van der Waals surface area contributed by atoms with Crippen molar-refractivity contribution in [2.45, 2.75) is 13.0 Å². The fourth-order valence-corrected chi connectivity index (χ4v) is 2.02. The number of hydrogen-bond acceptors (Lipinski definition) is 5. The van der Waals surface area contributed by atoms with E-state index in [0.29, 0.717) is 22.2 Å². The van der Waals surface area contributed by atoms with Crippen LogP contribution in [-0.2, 0) is 0 Å². The van der Waals surface area contributed by atoms with E-state index in [1.54, 1.807) is 24.3 Å². The number of fused-ring (bicyclic) bond motifs is 1. The van der Waals surface area contributed by atoms with Gasteiger partial charge in [-0.25, -0.2) is 0 Å². The largest absolute Gasteiger partial charge is 0.493 e. The predicted octanol–water partition coefficient (Wildman–Crippen LogP) is 2.62. The lowest BCUT2D eigenvalue weighted by Gasteiger charge is -2.15. The molecule has 1 aromatic carbocycles. The highest BCUT2D eigenvalue weighted by Crippen LogP contribution is 2.24. The minimum Gasteiger partial charge on any atom is -0.493 e. The third kappa shape index (κ3) is 2.37. The minimum atomic E-state index is -0.339. The van der Waals surface area contributed by atoms with Crippen LogP contribution in [0.3, 0.4) is 0 Å². The van der Waals surface area contributed by atoms with Gasteiger partial charge in [-0.2, -0.15) is 19.6 Å². The van der Waals surface area contributed by atoms with Crippen molar-refractivity contribution in [3.8, 4) is 11.6 Å². The summed E-state index contributed by atoms with van der Waals surface area (Å²) >= 11 is 5.83. The molecule has 6 nitrogen and oxygen atoms in total. The molecule has 1 N–H and O–H groups in total. The summed E-state index contributed by atoms with van der Waals surface area (Å²) in [5, 5.41) is 14.3. The Morgan fingerprint density at radius 3 is 2.80 bits per heavy atom. The molecule has 0 aliphatic rings. The molecule has 2 heterocycles. The molecule has 7 heteroatoms. The van der Waals surface area contributed by atoms with Crippen molar-refractivity contribution >= 4 is 17.4 Å². The van der Waals surface area contributed by atoms with E-state index < -0.39 is 0 Å². The first kappa shape index (κ1) is 12.7. The molecule has 102 valence electrons. The SMILES string of the molecule is CC(Oc1ccc(Cl)cc1)c1cc(O)nc2ncnn12. The zero-order valence-corrected chi connectivity index (χ0v) is 11.3. The van der Waals surface area contributed by atoms with Crippen LogP contribution in [0.25, 0.3) is 5.78 Å². The number of rotatable bonds is 3. The average molecular weight is 291 g/mol. The molecule has 1 unspecified atom stereocenters. The quantitative estimate of drug-likeness (QED) is 0.803. The van der Waals surface area contributed by atoms with E-state index in [4.69, 9.17) is 16.3 Å². The van der Waals surface area contributed by atoms with Gasteiger partial charge >= 0.3 is 0 Å². The first-order valence-electron chi connectivity index (χ1n) is 5.95. The van der Waals surface area contributed by atoms with Gasteiger partial charge in [0, 0.05) is 11.1 Å². The van der Waals surface area contributed by atoms with Crippen molar-refractivity contribution in [1.82, 2.24) is 19.6 Å². The van der Waals surface area contributed by atoms with Gasteiger partial charge in [-0.1, -0.05) is 11.6 Å². The number of hydrogen-bond donors (Lipinski definition) is 1. The first-order chi connectivity index (χ1) is 9.63. The monoisotopic (exact) mass is 290 g/mol. The highest BCUT2D eigenvalue weighted by atomic mass is 35.5. The summed E-state index contributed by atoms with van der Waals surface area (Å²) in [6.45, 7) is 1.85. The zero-order chi connectivity index (χ0) is 14.1. The summed E-state index contributed by atoms with van der Waals surface area (Å²) in [5.74, 6) is 0.880. The van der Waals surface area contributed by atoms with Gasteiger partial charge in [-0.15, -0.1) is 0 Å². The highest BCUT2D eigenvalue weighted by molar-refractivity contribution is 6.30. The molecule has 0 saturated heterocycles. The molecule has 0 aliphatic carbocycles. The Morgan fingerprint density at radius 2 is 2.05 bits per heavy atom. The Morgan fingerprint density at radius 1 is 1.30 bits per heavy atom. The van der Waals surface area contributed by atoms with E-state index in [9.17, 15) is 5.11 Å². The minimum absolute atomic E-state index is 0.118. The van der Waals surface area contributed by atoms with E-state index in [-0.39, 0.29) is 12.0 Å². The van der Waals surface area contributed by atoms with Gasteiger partial charge in [-0.05, 0) is 31.2 Å². The average Bonchev–Trinajstić information content (AvgIpc) is 2.88. The maximum Gasteiger partial charge on any atom is 0.255 e. The summed E-state index contributed by atoms with van der Waals surface area (Å²) in [7, 11) is 0. The number of aromatic nitrogens is 4. The summed E-state index contributed by atoms with van der Waals surface area (Å²) in [5.41, 5.74) is 0.653. The maximum absolute atomic E-state index is 9.62. The predicted molar refractivity (Wildman–Crippen MR) is 72.9 cm³/mol. The van der Waals surface area contributed by atoms with Crippen molar-refractivity contribution in [3.05, 3.63) is 47.4 Å². The molecule has 3 rings (SSSR count). The van der Waals surface area contributed by atoms with Crippen molar-refractivity contribution in [1.29, 1.82) is 0 Å². The Bertz CT molecular complexity index is 742. The second-order valence-corrected chi connectivity index (χ2v) is 4.66. The van der Waals surface area contributed by atoms with E-state index in [0.717, 1.165) is 0 Å². The molecule has 1 atom stereocenters. The standard InChI is InChI=1S/C13H11ClN4O2/c1-8(20-10-4-2-9(14)3-5-10)11-6-12(19)17-13-15-7-16-18(11)13/h2-8H,1H3,(H,15,16,17,19). The first-order valence-corrected chi connectivity index (χ1v) is 6.33. The molecule has 3 aromatic rings. The number of benzene rings is 1. The van der Waals surface area contributed by atoms with Crippen molar-refractivity contribution in [2.75, 3.05) is 0 Å². The van der Waals surface area contributed by atoms with Gasteiger partial charge in [-0.3, -0.25) is 0 Å². The van der Waals surface area contributed by atoms with Crippen LogP contribution in [0.1, 0.15) is 18.7 Å². The molecule has 2 aromatic heterocycles. The van der Waals surface area contributed by atoms with E-state index in [2.05, 4.69) is 15.1 Å². The van der Waals surface area contributed by atoms with Crippen LogP contribution in [-0.4, -0.2) is 24.7 Å². The Balaban J connectivity index is 1.93. The molecule has 0 fully saturated rings. The zero-order valence-electron chi connectivity index (χ0n) is 10.6. The van der Waals surface area contributed by atoms with Gasteiger partial charge in [0.1, 0.15) is 18.2 Å². The fraction of sp³-hybridized carbons (Fsp3) is 0.154. The number of halogens is 1. The van der Waals surface area contributed by atoms with Crippen LogP contribution in [0, 0.1) is 0 Å². The summed E-state index contributed by atoms with van der Waals surface area (Å²) in [6, 6.07) is 8.55. The van der Waals surface area contributed by atoms with Crippen molar-refractivity contribution < 1.29 is 9.84 Å². The summed E-state index contributed by atoms with van der Waals surface area (Å²) in [4.78, 5) is 7.82. The lowest BCUT2D eigenvalue weighted by Crippen LogP contribution is -2.10. The Kier molecular flexibility index (Phi) is 3.15. The van der Waals surface area contributed by atoms with Gasteiger partial charge < -0.3 is 9.84 Å². The van der Waals surface area contributed by atoms with Gasteiger partial charge in [0.15, 0.2) is 0 Å². The molecule has 0 aliphatic heterocycles. The number of aromatic hydroxyl groups is 1. The normalized spacial score (nSPS) is 12.5.